The van der Waals surface area contributed by atoms with E-state index in [-0.39, 0.29) is 18.4 Å². The minimum Gasteiger partial charge on any atom is -0.341 e. The second-order valence-corrected chi connectivity index (χ2v) is 7.14. The molecule has 146 valence electrons. The van der Waals surface area contributed by atoms with Crippen LogP contribution in [0.4, 0.5) is 13.2 Å². The van der Waals surface area contributed by atoms with Crippen LogP contribution in [0.25, 0.3) is 0 Å². The van der Waals surface area contributed by atoms with Crippen LogP contribution in [-0.2, 0) is 23.9 Å². The summed E-state index contributed by atoms with van der Waals surface area (Å²) in [6.45, 7) is 3.43. The minimum atomic E-state index is -4.33. The van der Waals surface area contributed by atoms with Gasteiger partial charge in [0.15, 0.2) is 0 Å². The van der Waals surface area contributed by atoms with Gasteiger partial charge in [0.2, 0.25) is 5.91 Å². The van der Waals surface area contributed by atoms with E-state index in [9.17, 15) is 18.0 Å². The normalized spacial score (nSPS) is 17.9. The molecule has 7 heteroatoms. The van der Waals surface area contributed by atoms with Crippen molar-refractivity contribution in [1.29, 1.82) is 0 Å². The predicted octanol–water partition coefficient (Wildman–Crippen LogP) is 4.08. The number of halogens is 3. The molecule has 1 saturated heterocycles. The van der Waals surface area contributed by atoms with Gasteiger partial charge in [0.25, 0.3) is 0 Å². The number of rotatable bonds is 5. The number of nitrogens with zero attached hydrogens (tertiary/aromatic N) is 3. The number of hydrogen-bond donors (Lipinski definition) is 0. The second-order valence-electron chi connectivity index (χ2n) is 7.14. The summed E-state index contributed by atoms with van der Waals surface area (Å²) < 4.78 is 41.2. The number of benzene rings is 1. The summed E-state index contributed by atoms with van der Waals surface area (Å²) >= 11 is 0. The molecule has 0 spiro atoms. The smallest absolute Gasteiger partial charge is 0.341 e. The van der Waals surface area contributed by atoms with Crippen molar-refractivity contribution in [3.8, 4) is 0 Å². The Morgan fingerprint density at radius 1 is 1.30 bits per heavy atom. The molecule has 0 bridgehead atoms. The first-order valence-corrected chi connectivity index (χ1v) is 9.25. The average Bonchev–Trinajstić information content (AvgIpc) is 3.04. The Bertz CT molecular complexity index is 785. The summed E-state index contributed by atoms with van der Waals surface area (Å²) in [4.78, 5) is 18.5. The van der Waals surface area contributed by atoms with Crippen LogP contribution in [0.5, 0.6) is 0 Å². The molecule has 27 heavy (non-hydrogen) atoms. The van der Waals surface area contributed by atoms with E-state index in [1.807, 2.05) is 16.4 Å². The first-order chi connectivity index (χ1) is 12.8. The van der Waals surface area contributed by atoms with Crippen molar-refractivity contribution >= 4 is 5.91 Å². The van der Waals surface area contributed by atoms with Crippen LogP contribution >= 0.6 is 0 Å². The number of likely N-dealkylation sites (tertiary alicyclic amines) is 1. The Morgan fingerprint density at radius 3 is 2.78 bits per heavy atom. The Morgan fingerprint density at radius 2 is 2.07 bits per heavy atom. The first kappa shape index (κ1) is 19.5. The topological polar surface area (TPSA) is 38.1 Å². The highest BCUT2D eigenvalue weighted by Crippen LogP contribution is 2.33. The molecule has 1 atom stereocenters. The molecule has 1 fully saturated rings. The van der Waals surface area contributed by atoms with E-state index >= 15 is 0 Å². The van der Waals surface area contributed by atoms with Crippen molar-refractivity contribution in [2.45, 2.75) is 45.3 Å². The van der Waals surface area contributed by atoms with E-state index in [2.05, 4.69) is 4.98 Å². The van der Waals surface area contributed by atoms with Crippen LogP contribution in [0.15, 0.2) is 36.7 Å². The molecule has 1 aliphatic rings. The zero-order valence-electron chi connectivity index (χ0n) is 15.4. The monoisotopic (exact) mass is 379 g/mol. The molecule has 3 rings (SSSR count). The van der Waals surface area contributed by atoms with Crippen molar-refractivity contribution in [2.24, 2.45) is 5.92 Å². The van der Waals surface area contributed by atoms with Crippen LogP contribution in [0.2, 0.25) is 0 Å². The zero-order chi connectivity index (χ0) is 19.4. The molecule has 0 aliphatic carbocycles. The fraction of sp³-hybridized carbons (Fsp3) is 0.500. The minimum absolute atomic E-state index is 0.0384. The lowest BCUT2D eigenvalue weighted by atomic mass is 9.90. The van der Waals surface area contributed by atoms with Crippen LogP contribution < -0.4 is 0 Å². The molecule has 1 aromatic carbocycles. The van der Waals surface area contributed by atoms with E-state index in [1.165, 1.54) is 6.07 Å². The molecular formula is C20H24F3N3O. The van der Waals surface area contributed by atoms with Crippen molar-refractivity contribution in [2.75, 3.05) is 13.1 Å². The molecule has 0 unspecified atom stereocenters. The molecule has 0 N–H and O–H groups in total. The third-order valence-corrected chi connectivity index (χ3v) is 5.25. The number of amides is 1. The highest BCUT2D eigenvalue weighted by atomic mass is 19.4. The Balaban J connectivity index is 1.58. The largest absolute Gasteiger partial charge is 0.416 e. The van der Waals surface area contributed by atoms with E-state index in [1.54, 1.807) is 24.5 Å². The number of aromatic nitrogens is 2. The standard InChI is InChI=1S/C20H24F3N3O/c1-15-24-10-12-25(15)14-19(27)26-11-4-5-16(13-26)8-9-17-6-2-3-7-18(17)20(21,22)23/h2-3,6-7,10,12,16H,4-5,8-9,11,13-14H2,1H3/t16-/m1/s1. The van der Waals surface area contributed by atoms with E-state index in [4.69, 9.17) is 0 Å². The van der Waals surface area contributed by atoms with Crippen molar-refractivity contribution in [3.63, 3.8) is 0 Å². The van der Waals surface area contributed by atoms with Gasteiger partial charge >= 0.3 is 6.18 Å². The Kier molecular flexibility index (Phi) is 5.87. The molecular weight excluding hydrogens is 355 g/mol. The number of piperidine rings is 1. The van der Waals surface area contributed by atoms with Gasteiger partial charge in [0, 0.05) is 25.5 Å². The number of carbonyl (C=O) groups excluding carboxylic acids is 1. The highest BCUT2D eigenvalue weighted by Gasteiger charge is 2.33. The average molecular weight is 379 g/mol. The van der Waals surface area contributed by atoms with E-state index in [0.717, 1.165) is 24.7 Å². The lowest BCUT2D eigenvalue weighted by Gasteiger charge is -2.33. The van der Waals surface area contributed by atoms with Crippen molar-refractivity contribution in [1.82, 2.24) is 14.5 Å². The highest BCUT2D eigenvalue weighted by molar-refractivity contribution is 5.76. The zero-order valence-corrected chi connectivity index (χ0v) is 15.4. The summed E-state index contributed by atoms with van der Waals surface area (Å²) in [6, 6.07) is 5.76. The van der Waals surface area contributed by atoms with Crippen molar-refractivity contribution in [3.05, 3.63) is 53.6 Å². The van der Waals surface area contributed by atoms with Gasteiger partial charge in [0.1, 0.15) is 12.4 Å². The molecule has 1 aromatic heterocycles. The number of aryl methyl sites for hydroxylation is 2. The van der Waals surface area contributed by atoms with Gasteiger partial charge in [-0.1, -0.05) is 18.2 Å². The van der Waals surface area contributed by atoms with Crippen LogP contribution in [0, 0.1) is 12.8 Å². The maximum Gasteiger partial charge on any atom is 0.416 e. The fourth-order valence-corrected chi connectivity index (χ4v) is 3.72. The maximum absolute atomic E-state index is 13.1. The van der Waals surface area contributed by atoms with Gasteiger partial charge in [-0.05, 0) is 50.2 Å². The molecule has 0 saturated carbocycles. The molecule has 2 heterocycles. The molecule has 2 aromatic rings. The third-order valence-electron chi connectivity index (χ3n) is 5.25. The quantitative estimate of drug-likeness (QED) is 0.785. The molecule has 1 amide bonds. The lowest BCUT2D eigenvalue weighted by Crippen LogP contribution is -2.41. The number of imidazole rings is 1. The SMILES string of the molecule is Cc1nccn1CC(=O)N1CCC[C@H](CCc2ccccc2C(F)(F)F)C1. The van der Waals surface area contributed by atoms with Crippen LogP contribution in [0.1, 0.15) is 36.2 Å². The van der Waals surface area contributed by atoms with E-state index < -0.39 is 11.7 Å². The summed E-state index contributed by atoms with van der Waals surface area (Å²) in [7, 11) is 0. The van der Waals surface area contributed by atoms with Gasteiger partial charge in [-0.25, -0.2) is 4.98 Å². The lowest BCUT2D eigenvalue weighted by molar-refractivity contribution is -0.138. The van der Waals surface area contributed by atoms with E-state index in [0.29, 0.717) is 31.5 Å². The summed E-state index contributed by atoms with van der Waals surface area (Å²) in [5.41, 5.74) is -0.216. The van der Waals surface area contributed by atoms with Gasteiger partial charge in [0.05, 0.1) is 5.56 Å². The maximum atomic E-state index is 13.1. The molecule has 0 radical (unpaired) electrons. The number of alkyl halides is 3. The number of hydrogen-bond acceptors (Lipinski definition) is 2. The Labute approximate surface area is 157 Å². The number of carbonyl (C=O) groups is 1. The summed E-state index contributed by atoms with van der Waals surface area (Å²) in [5.74, 6) is 1.06. The first-order valence-electron chi connectivity index (χ1n) is 9.25. The Hall–Kier alpha value is -2.31. The van der Waals surface area contributed by atoms with Crippen LogP contribution in [0.3, 0.4) is 0 Å². The van der Waals surface area contributed by atoms with Gasteiger partial charge in [-0.2, -0.15) is 13.2 Å². The van der Waals surface area contributed by atoms with Gasteiger partial charge < -0.3 is 9.47 Å². The summed E-state index contributed by atoms with van der Waals surface area (Å²) in [5, 5.41) is 0. The fourth-order valence-electron chi connectivity index (χ4n) is 3.72. The third kappa shape index (κ3) is 4.90. The van der Waals surface area contributed by atoms with Crippen LogP contribution in [-0.4, -0.2) is 33.4 Å². The van der Waals surface area contributed by atoms with Crippen molar-refractivity contribution < 1.29 is 18.0 Å². The second kappa shape index (κ2) is 8.15. The molecule has 4 nitrogen and oxygen atoms in total. The van der Waals surface area contributed by atoms with Gasteiger partial charge in [-0.3, -0.25) is 4.79 Å². The predicted molar refractivity (Wildman–Crippen MR) is 96.0 cm³/mol. The summed E-state index contributed by atoms with van der Waals surface area (Å²) in [6.07, 6.45) is 1.99. The van der Waals surface area contributed by atoms with Gasteiger partial charge in [-0.15, -0.1) is 0 Å². The molecule has 1 aliphatic heterocycles.